The number of carbonyl (C=O) groups excluding carboxylic acids is 2. The van der Waals surface area contributed by atoms with Gasteiger partial charge in [0.15, 0.2) is 5.78 Å². The van der Waals surface area contributed by atoms with E-state index in [-0.39, 0.29) is 12.1 Å². The van der Waals surface area contributed by atoms with Gasteiger partial charge in [0.05, 0.1) is 18.7 Å². The smallest absolute Gasteiger partial charge is 0.410 e. The lowest BCUT2D eigenvalue weighted by atomic mass is 10.1. The number of halogens is 1. The predicted molar refractivity (Wildman–Crippen MR) is 58.3 cm³/mol. The third kappa shape index (κ3) is 2.61. The van der Waals surface area contributed by atoms with Crippen LogP contribution in [0.15, 0.2) is 24.3 Å². The van der Waals surface area contributed by atoms with Crippen molar-refractivity contribution in [2.24, 2.45) is 0 Å². The summed E-state index contributed by atoms with van der Waals surface area (Å²) < 4.78 is 18.1. The summed E-state index contributed by atoms with van der Waals surface area (Å²) in [7, 11) is 0. The minimum Gasteiger partial charge on any atom is -0.449 e. The molecule has 0 radical (unpaired) electrons. The van der Waals surface area contributed by atoms with Crippen LogP contribution in [0.25, 0.3) is 0 Å². The molecule has 1 aliphatic heterocycles. The molecule has 0 saturated carbocycles. The number of benzene rings is 1. The molecule has 0 aromatic heterocycles. The van der Waals surface area contributed by atoms with E-state index in [0.717, 1.165) is 0 Å². The number of carbonyl (C=O) groups is 2. The Hall–Kier alpha value is -1.91. The van der Waals surface area contributed by atoms with Gasteiger partial charge in [-0.1, -0.05) is 12.1 Å². The molecule has 0 aliphatic carbocycles. The molecule has 0 bridgehead atoms. The summed E-state index contributed by atoms with van der Waals surface area (Å²) in [6, 6.07) is 5.74. The van der Waals surface area contributed by atoms with Crippen LogP contribution in [-0.4, -0.2) is 36.5 Å². The quantitative estimate of drug-likeness (QED) is 0.754. The van der Waals surface area contributed by atoms with Crippen LogP contribution in [0.5, 0.6) is 0 Å². The zero-order valence-corrected chi connectivity index (χ0v) is 9.19. The molecule has 0 spiro atoms. The second-order valence-corrected chi connectivity index (χ2v) is 3.79. The van der Waals surface area contributed by atoms with Crippen LogP contribution in [0.3, 0.4) is 0 Å². The summed E-state index contributed by atoms with van der Waals surface area (Å²) in [6.45, 7) is 0.710. The van der Waals surface area contributed by atoms with Gasteiger partial charge >= 0.3 is 6.09 Å². The first-order valence-corrected chi connectivity index (χ1v) is 5.38. The zero-order valence-electron chi connectivity index (χ0n) is 9.19. The fourth-order valence-electron chi connectivity index (χ4n) is 1.69. The molecule has 1 heterocycles. The summed E-state index contributed by atoms with van der Waals surface area (Å²) in [5, 5.41) is 0. The van der Waals surface area contributed by atoms with Crippen molar-refractivity contribution < 1.29 is 18.7 Å². The average Bonchev–Trinajstić information content (AvgIpc) is 2.32. The van der Waals surface area contributed by atoms with Crippen molar-refractivity contribution in [3.63, 3.8) is 0 Å². The first kappa shape index (κ1) is 11.6. The summed E-state index contributed by atoms with van der Waals surface area (Å²) in [5.74, 6) is -0.982. The van der Waals surface area contributed by atoms with E-state index in [0.29, 0.717) is 19.6 Å². The van der Waals surface area contributed by atoms with Crippen LogP contribution < -0.4 is 0 Å². The molecular formula is C12H12FNO3. The number of ether oxygens (including phenoxy) is 1. The maximum atomic E-state index is 13.3. The maximum absolute atomic E-state index is 13.3. The van der Waals surface area contributed by atoms with E-state index in [4.69, 9.17) is 4.74 Å². The Balaban J connectivity index is 2.06. The van der Waals surface area contributed by atoms with Crippen molar-refractivity contribution in [2.75, 3.05) is 19.7 Å². The molecule has 2 rings (SSSR count). The van der Waals surface area contributed by atoms with E-state index < -0.39 is 17.7 Å². The zero-order chi connectivity index (χ0) is 12.3. The van der Waals surface area contributed by atoms with Crippen LogP contribution in [0, 0.1) is 5.82 Å². The number of ketones is 1. The Morgan fingerprint density at radius 1 is 1.41 bits per heavy atom. The van der Waals surface area contributed by atoms with Crippen molar-refractivity contribution in [1.29, 1.82) is 0 Å². The monoisotopic (exact) mass is 237 g/mol. The summed E-state index contributed by atoms with van der Waals surface area (Å²) >= 11 is 0. The highest BCUT2D eigenvalue weighted by Crippen LogP contribution is 2.10. The highest BCUT2D eigenvalue weighted by atomic mass is 19.1. The number of cyclic esters (lactones) is 1. The number of hydrogen-bond acceptors (Lipinski definition) is 3. The third-order valence-corrected chi connectivity index (χ3v) is 2.56. The fraction of sp³-hybridized carbons (Fsp3) is 0.333. The number of rotatable bonds is 3. The standard InChI is InChI=1S/C12H12FNO3/c13-10-5-2-1-4-9(10)11(15)8-14-6-3-7-17-12(14)16/h1-2,4-5H,3,6-8H2. The predicted octanol–water partition coefficient (Wildman–Crippen LogP) is 1.85. The molecule has 0 unspecified atom stereocenters. The molecule has 1 fully saturated rings. The van der Waals surface area contributed by atoms with Crippen molar-refractivity contribution in [2.45, 2.75) is 6.42 Å². The molecule has 17 heavy (non-hydrogen) atoms. The SMILES string of the molecule is O=C(CN1CCCOC1=O)c1ccccc1F. The lowest BCUT2D eigenvalue weighted by Crippen LogP contribution is -2.41. The van der Waals surface area contributed by atoms with Crippen molar-refractivity contribution in [3.8, 4) is 0 Å². The first-order valence-electron chi connectivity index (χ1n) is 5.38. The molecule has 1 aromatic rings. The second-order valence-electron chi connectivity index (χ2n) is 3.79. The number of hydrogen-bond donors (Lipinski definition) is 0. The number of Topliss-reactive ketones (excluding diaryl/α,β-unsaturated/α-hetero) is 1. The van der Waals surface area contributed by atoms with Gasteiger partial charge in [-0.15, -0.1) is 0 Å². The molecule has 1 amide bonds. The van der Waals surface area contributed by atoms with Gasteiger partial charge in [-0.2, -0.15) is 0 Å². The molecule has 4 nitrogen and oxygen atoms in total. The Bertz CT molecular complexity index is 447. The fourth-order valence-corrected chi connectivity index (χ4v) is 1.69. The van der Waals surface area contributed by atoms with E-state index in [1.54, 1.807) is 6.07 Å². The minimum absolute atomic E-state index is 0.00544. The van der Waals surface area contributed by atoms with Gasteiger partial charge in [-0.05, 0) is 18.6 Å². The van der Waals surface area contributed by atoms with E-state index in [9.17, 15) is 14.0 Å². The normalized spacial score (nSPS) is 15.6. The lowest BCUT2D eigenvalue weighted by Gasteiger charge is -2.25. The number of nitrogens with zero attached hydrogens (tertiary/aromatic N) is 1. The Kier molecular flexibility index (Phi) is 3.37. The molecule has 1 aromatic carbocycles. The van der Waals surface area contributed by atoms with Gasteiger partial charge in [0, 0.05) is 6.54 Å². The van der Waals surface area contributed by atoms with E-state index >= 15 is 0 Å². The molecule has 5 heteroatoms. The van der Waals surface area contributed by atoms with Crippen LogP contribution in [0.1, 0.15) is 16.8 Å². The molecule has 1 aliphatic rings. The Morgan fingerprint density at radius 3 is 2.88 bits per heavy atom. The van der Waals surface area contributed by atoms with Crippen molar-refractivity contribution in [3.05, 3.63) is 35.6 Å². The lowest BCUT2D eigenvalue weighted by molar-refractivity contribution is 0.0653. The summed E-state index contributed by atoms with van der Waals surface area (Å²) in [6.07, 6.45) is 0.178. The maximum Gasteiger partial charge on any atom is 0.410 e. The van der Waals surface area contributed by atoms with Crippen LogP contribution >= 0.6 is 0 Å². The molecule has 90 valence electrons. The van der Waals surface area contributed by atoms with Gasteiger partial charge in [-0.3, -0.25) is 4.79 Å². The van der Waals surface area contributed by atoms with Crippen LogP contribution in [0.2, 0.25) is 0 Å². The molecular weight excluding hydrogens is 225 g/mol. The number of amides is 1. The van der Waals surface area contributed by atoms with Gasteiger partial charge < -0.3 is 9.64 Å². The highest BCUT2D eigenvalue weighted by Gasteiger charge is 2.23. The third-order valence-electron chi connectivity index (χ3n) is 2.56. The molecule has 0 N–H and O–H groups in total. The summed E-state index contributed by atoms with van der Waals surface area (Å²) in [4.78, 5) is 24.4. The van der Waals surface area contributed by atoms with Gasteiger partial charge in [0.2, 0.25) is 0 Å². The van der Waals surface area contributed by atoms with Gasteiger partial charge in [-0.25, -0.2) is 9.18 Å². The first-order chi connectivity index (χ1) is 8.18. The average molecular weight is 237 g/mol. The van der Waals surface area contributed by atoms with E-state index in [1.165, 1.54) is 23.1 Å². The van der Waals surface area contributed by atoms with Crippen LogP contribution in [0.4, 0.5) is 9.18 Å². The van der Waals surface area contributed by atoms with Gasteiger partial charge in [0.25, 0.3) is 0 Å². The minimum atomic E-state index is -0.567. The largest absolute Gasteiger partial charge is 0.449 e. The van der Waals surface area contributed by atoms with E-state index in [2.05, 4.69) is 0 Å². The summed E-state index contributed by atoms with van der Waals surface area (Å²) in [5.41, 5.74) is 0.00544. The second kappa shape index (κ2) is 4.95. The van der Waals surface area contributed by atoms with Crippen molar-refractivity contribution >= 4 is 11.9 Å². The molecule has 1 saturated heterocycles. The van der Waals surface area contributed by atoms with E-state index in [1.807, 2.05) is 0 Å². The highest BCUT2D eigenvalue weighted by molar-refractivity contribution is 5.99. The Morgan fingerprint density at radius 2 is 2.18 bits per heavy atom. The molecule has 0 atom stereocenters. The van der Waals surface area contributed by atoms with Gasteiger partial charge in [0.1, 0.15) is 5.82 Å². The van der Waals surface area contributed by atoms with Crippen LogP contribution in [-0.2, 0) is 4.74 Å². The van der Waals surface area contributed by atoms with Crippen molar-refractivity contribution in [1.82, 2.24) is 4.90 Å². The topological polar surface area (TPSA) is 46.6 Å². The Labute approximate surface area is 98.0 Å².